The number of carbonyl (C=O) groups is 2. The highest BCUT2D eigenvalue weighted by Crippen LogP contribution is 2.27. The van der Waals surface area contributed by atoms with Gasteiger partial charge < -0.3 is 15.0 Å². The number of anilines is 1. The fourth-order valence-electron chi connectivity index (χ4n) is 4.92. The highest BCUT2D eigenvalue weighted by molar-refractivity contribution is 7.92. The van der Waals surface area contributed by atoms with E-state index in [9.17, 15) is 18.0 Å². The number of hydrogen-bond donors (Lipinski definition) is 1. The van der Waals surface area contributed by atoms with Crippen molar-refractivity contribution in [3.8, 4) is 5.75 Å². The van der Waals surface area contributed by atoms with Gasteiger partial charge in [-0.2, -0.15) is 0 Å². The molecule has 0 saturated carbocycles. The first-order chi connectivity index (χ1) is 21.5. The monoisotopic (exact) mass is 647 g/mol. The molecule has 0 aliphatic heterocycles. The van der Waals surface area contributed by atoms with Crippen LogP contribution in [0.1, 0.15) is 30.5 Å². The van der Waals surface area contributed by atoms with E-state index in [1.165, 1.54) is 24.1 Å². The molecule has 4 aromatic rings. The number of amides is 2. The average Bonchev–Trinajstić information content (AvgIpc) is 3.03. The van der Waals surface area contributed by atoms with Gasteiger partial charge in [-0.1, -0.05) is 66.2 Å². The molecule has 0 saturated heterocycles. The Morgan fingerprint density at radius 2 is 1.49 bits per heavy atom. The molecule has 0 fully saturated rings. The predicted molar refractivity (Wildman–Crippen MR) is 178 cm³/mol. The lowest BCUT2D eigenvalue weighted by Gasteiger charge is -2.34. The van der Waals surface area contributed by atoms with Crippen LogP contribution in [0.4, 0.5) is 5.69 Å². The van der Waals surface area contributed by atoms with Gasteiger partial charge in [-0.25, -0.2) is 8.42 Å². The molecule has 236 valence electrons. The number of halogens is 1. The maximum absolute atomic E-state index is 14.5. The number of benzene rings is 4. The average molecular weight is 648 g/mol. The van der Waals surface area contributed by atoms with E-state index in [1.807, 2.05) is 75.4 Å². The standard InChI is InChI=1S/C35H38ClN3O5S/c1-25(2)37-35(41)33(22-27-11-6-5-7-12-27)38(23-28-13-9-8-10-26(28)3)34(40)24-39(30-16-14-29(36)15-17-30)45(42,43)32-20-18-31(44-4)19-21-32/h5-21,25,33H,22-24H2,1-4H3,(H,37,41)/t33-/m0/s1. The lowest BCUT2D eigenvalue weighted by Crippen LogP contribution is -2.54. The maximum Gasteiger partial charge on any atom is 0.264 e. The van der Waals surface area contributed by atoms with E-state index in [-0.39, 0.29) is 35.5 Å². The van der Waals surface area contributed by atoms with Crippen LogP contribution in [0.5, 0.6) is 5.75 Å². The van der Waals surface area contributed by atoms with E-state index in [4.69, 9.17) is 16.3 Å². The summed E-state index contributed by atoms with van der Waals surface area (Å²) in [5.41, 5.74) is 2.91. The van der Waals surface area contributed by atoms with Crippen molar-refractivity contribution >= 4 is 39.1 Å². The van der Waals surface area contributed by atoms with E-state index in [1.54, 1.807) is 36.4 Å². The molecular formula is C35H38ClN3O5S. The number of nitrogens with zero attached hydrogens (tertiary/aromatic N) is 2. The Labute approximate surface area is 270 Å². The second-order valence-corrected chi connectivity index (χ2v) is 13.3. The van der Waals surface area contributed by atoms with Crippen LogP contribution in [-0.2, 0) is 32.6 Å². The molecular weight excluding hydrogens is 610 g/mol. The van der Waals surface area contributed by atoms with Gasteiger partial charge in [0.15, 0.2) is 0 Å². The number of rotatable bonds is 13. The summed E-state index contributed by atoms with van der Waals surface area (Å²) in [6.45, 7) is 5.20. The fourth-order valence-corrected chi connectivity index (χ4v) is 6.46. The molecule has 1 N–H and O–H groups in total. The zero-order valence-corrected chi connectivity index (χ0v) is 27.4. The first-order valence-electron chi connectivity index (χ1n) is 14.6. The number of nitrogens with one attached hydrogen (secondary N) is 1. The first kappa shape index (κ1) is 33.6. The minimum Gasteiger partial charge on any atom is -0.497 e. The van der Waals surface area contributed by atoms with Crippen molar-refractivity contribution in [1.82, 2.24) is 10.2 Å². The summed E-state index contributed by atoms with van der Waals surface area (Å²) in [7, 11) is -2.75. The van der Waals surface area contributed by atoms with Crippen LogP contribution >= 0.6 is 11.6 Å². The minimum absolute atomic E-state index is 0.0186. The van der Waals surface area contributed by atoms with Crippen molar-refractivity contribution in [2.45, 2.75) is 50.7 Å². The summed E-state index contributed by atoms with van der Waals surface area (Å²) in [5, 5.41) is 3.38. The summed E-state index contributed by atoms with van der Waals surface area (Å²) < 4.78 is 34.5. The van der Waals surface area contributed by atoms with E-state index in [2.05, 4.69) is 5.32 Å². The van der Waals surface area contributed by atoms with Crippen LogP contribution in [0.2, 0.25) is 5.02 Å². The van der Waals surface area contributed by atoms with Crippen molar-refractivity contribution in [2.24, 2.45) is 0 Å². The molecule has 0 aliphatic carbocycles. The van der Waals surface area contributed by atoms with Gasteiger partial charge in [-0.3, -0.25) is 13.9 Å². The Kier molecular flexibility index (Phi) is 11.3. The Bertz CT molecular complexity index is 1700. The van der Waals surface area contributed by atoms with Gasteiger partial charge in [0, 0.05) is 24.0 Å². The third-order valence-corrected chi connectivity index (χ3v) is 9.38. The Morgan fingerprint density at radius 3 is 2.09 bits per heavy atom. The Hall–Kier alpha value is -4.34. The second-order valence-electron chi connectivity index (χ2n) is 11.0. The smallest absolute Gasteiger partial charge is 0.264 e. The quantitative estimate of drug-likeness (QED) is 0.192. The van der Waals surface area contributed by atoms with Gasteiger partial charge in [-0.15, -0.1) is 0 Å². The molecule has 0 heterocycles. The van der Waals surface area contributed by atoms with Gasteiger partial charge in [0.1, 0.15) is 18.3 Å². The lowest BCUT2D eigenvalue weighted by molar-refractivity contribution is -0.140. The van der Waals surface area contributed by atoms with E-state index < -0.39 is 28.5 Å². The number of ether oxygens (including phenoxy) is 1. The number of sulfonamides is 1. The molecule has 4 aromatic carbocycles. The summed E-state index contributed by atoms with van der Waals surface area (Å²) in [6, 6.07) is 28.2. The molecule has 0 aromatic heterocycles. The van der Waals surface area contributed by atoms with Crippen molar-refractivity contribution in [3.63, 3.8) is 0 Å². The SMILES string of the molecule is COc1ccc(S(=O)(=O)N(CC(=O)N(Cc2ccccc2C)[C@@H](Cc2ccccc2)C(=O)NC(C)C)c2ccc(Cl)cc2)cc1. The minimum atomic E-state index is -4.24. The number of carbonyl (C=O) groups excluding carboxylic acids is 2. The summed E-state index contributed by atoms with van der Waals surface area (Å²) in [6.07, 6.45) is 0.239. The normalized spacial score (nSPS) is 12.0. The Morgan fingerprint density at radius 1 is 0.867 bits per heavy atom. The molecule has 0 unspecified atom stereocenters. The third kappa shape index (κ3) is 8.65. The first-order valence-corrected chi connectivity index (χ1v) is 16.4. The lowest BCUT2D eigenvalue weighted by atomic mass is 10.0. The van der Waals surface area contributed by atoms with Gasteiger partial charge >= 0.3 is 0 Å². The highest BCUT2D eigenvalue weighted by atomic mass is 35.5. The van der Waals surface area contributed by atoms with Crippen LogP contribution in [0.15, 0.2) is 108 Å². The van der Waals surface area contributed by atoms with Crippen LogP contribution in [0.25, 0.3) is 0 Å². The van der Waals surface area contributed by atoms with Gasteiger partial charge in [0.2, 0.25) is 11.8 Å². The number of hydrogen-bond acceptors (Lipinski definition) is 5. The molecule has 45 heavy (non-hydrogen) atoms. The van der Waals surface area contributed by atoms with Crippen molar-refractivity contribution in [2.75, 3.05) is 18.0 Å². The molecule has 0 aliphatic rings. The molecule has 2 amide bonds. The van der Waals surface area contributed by atoms with Crippen molar-refractivity contribution in [3.05, 3.63) is 125 Å². The molecule has 1 atom stereocenters. The zero-order chi connectivity index (χ0) is 32.6. The molecule has 0 bridgehead atoms. The molecule has 10 heteroatoms. The number of aryl methyl sites for hydroxylation is 1. The highest BCUT2D eigenvalue weighted by Gasteiger charge is 2.35. The number of methoxy groups -OCH3 is 1. The summed E-state index contributed by atoms with van der Waals surface area (Å²) >= 11 is 6.14. The zero-order valence-electron chi connectivity index (χ0n) is 25.8. The van der Waals surface area contributed by atoms with E-state index in [0.717, 1.165) is 21.0 Å². The predicted octanol–water partition coefficient (Wildman–Crippen LogP) is 6.02. The van der Waals surface area contributed by atoms with E-state index >= 15 is 0 Å². The molecule has 0 spiro atoms. The summed E-state index contributed by atoms with van der Waals surface area (Å²) in [5.74, 6) is -0.371. The molecule has 8 nitrogen and oxygen atoms in total. The van der Waals surface area contributed by atoms with Crippen LogP contribution in [-0.4, -0.2) is 50.9 Å². The van der Waals surface area contributed by atoms with Crippen LogP contribution in [0, 0.1) is 6.92 Å². The molecule has 0 radical (unpaired) electrons. The second kappa shape index (κ2) is 15.1. The van der Waals surface area contributed by atoms with Gasteiger partial charge in [-0.05, 0) is 86.0 Å². The molecule has 4 rings (SSSR count). The van der Waals surface area contributed by atoms with Crippen LogP contribution in [0.3, 0.4) is 0 Å². The maximum atomic E-state index is 14.5. The van der Waals surface area contributed by atoms with Crippen LogP contribution < -0.4 is 14.4 Å². The van der Waals surface area contributed by atoms with Crippen molar-refractivity contribution in [1.29, 1.82) is 0 Å². The Balaban J connectivity index is 1.81. The van der Waals surface area contributed by atoms with E-state index in [0.29, 0.717) is 10.8 Å². The van der Waals surface area contributed by atoms with Gasteiger partial charge in [0.05, 0.1) is 17.7 Å². The fraction of sp³-hybridized carbons (Fsp3) is 0.257. The van der Waals surface area contributed by atoms with Crippen molar-refractivity contribution < 1.29 is 22.7 Å². The topological polar surface area (TPSA) is 96.0 Å². The van der Waals surface area contributed by atoms with Gasteiger partial charge in [0.25, 0.3) is 10.0 Å². The largest absolute Gasteiger partial charge is 0.497 e. The summed E-state index contributed by atoms with van der Waals surface area (Å²) in [4.78, 5) is 29.8. The third-order valence-electron chi connectivity index (χ3n) is 7.34.